The molecule has 0 saturated carbocycles. The number of ether oxygens (including phenoxy) is 2. The van der Waals surface area contributed by atoms with Crippen molar-refractivity contribution in [3.8, 4) is 17.4 Å². The Bertz CT molecular complexity index is 563. The van der Waals surface area contributed by atoms with Crippen molar-refractivity contribution in [1.82, 2.24) is 4.98 Å². The maximum absolute atomic E-state index is 13.9. The van der Waals surface area contributed by atoms with E-state index < -0.39 is 5.82 Å². The summed E-state index contributed by atoms with van der Waals surface area (Å²) in [6.45, 7) is 2.44. The van der Waals surface area contributed by atoms with Gasteiger partial charge in [0.1, 0.15) is 11.5 Å². The van der Waals surface area contributed by atoms with Gasteiger partial charge in [-0.3, -0.25) is 0 Å². The smallest absolute Gasteiger partial charge is 0.256 e. The van der Waals surface area contributed by atoms with Gasteiger partial charge in [0, 0.05) is 17.8 Å². The van der Waals surface area contributed by atoms with Gasteiger partial charge in [0.2, 0.25) is 0 Å². The van der Waals surface area contributed by atoms with Crippen molar-refractivity contribution in [2.45, 2.75) is 12.8 Å². The molecule has 2 rings (SSSR count). The van der Waals surface area contributed by atoms with Gasteiger partial charge in [-0.15, -0.1) is 11.6 Å². The summed E-state index contributed by atoms with van der Waals surface area (Å²) < 4.78 is 24.7. The minimum absolute atomic E-state index is 0.0731. The molecule has 1 aromatic carbocycles. The summed E-state index contributed by atoms with van der Waals surface area (Å²) in [7, 11) is 0. The van der Waals surface area contributed by atoms with Crippen LogP contribution in [0.5, 0.6) is 17.4 Å². The zero-order valence-electron chi connectivity index (χ0n) is 10.4. The largest absolute Gasteiger partial charge is 0.494 e. The van der Waals surface area contributed by atoms with Gasteiger partial charge in [0.05, 0.1) is 12.5 Å². The summed E-state index contributed by atoms with van der Waals surface area (Å²) in [6, 6.07) is 8.47. The highest BCUT2D eigenvalue weighted by Crippen LogP contribution is 2.27. The fraction of sp³-hybridized carbons (Fsp3) is 0.214. The zero-order chi connectivity index (χ0) is 13.7. The minimum Gasteiger partial charge on any atom is -0.494 e. The molecule has 1 aromatic heterocycles. The van der Waals surface area contributed by atoms with E-state index in [1.165, 1.54) is 12.3 Å². The lowest BCUT2D eigenvalue weighted by Crippen LogP contribution is -1.96. The van der Waals surface area contributed by atoms with Gasteiger partial charge in [-0.2, -0.15) is 0 Å². The van der Waals surface area contributed by atoms with Gasteiger partial charge in [-0.05, 0) is 25.1 Å². The van der Waals surface area contributed by atoms with Crippen molar-refractivity contribution >= 4 is 11.6 Å². The molecule has 19 heavy (non-hydrogen) atoms. The van der Waals surface area contributed by atoms with Crippen molar-refractivity contribution in [3.05, 3.63) is 47.9 Å². The molecule has 0 aliphatic carbocycles. The van der Waals surface area contributed by atoms with E-state index in [4.69, 9.17) is 21.1 Å². The van der Waals surface area contributed by atoms with Gasteiger partial charge in [0.25, 0.3) is 5.88 Å². The van der Waals surface area contributed by atoms with Crippen LogP contribution in [0.4, 0.5) is 4.39 Å². The summed E-state index contributed by atoms with van der Waals surface area (Å²) in [5, 5.41) is 0. The first-order valence-electron chi connectivity index (χ1n) is 5.84. The molecule has 100 valence electrons. The van der Waals surface area contributed by atoms with E-state index in [1.807, 2.05) is 6.92 Å². The molecule has 0 aliphatic heterocycles. The first-order chi connectivity index (χ1) is 9.24. The van der Waals surface area contributed by atoms with Crippen LogP contribution in [0.25, 0.3) is 0 Å². The molecule has 0 bridgehead atoms. The number of hydrogen-bond donors (Lipinski definition) is 0. The molecule has 0 atom stereocenters. The Kier molecular flexibility index (Phi) is 4.58. The molecule has 0 spiro atoms. The molecule has 0 amide bonds. The lowest BCUT2D eigenvalue weighted by atomic mass is 10.3. The molecule has 2 aromatic rings. The van der Waals surface area contributed by atoms with Crippen LogP contribution in [-0.4, -0.2) is 11.6 Å². The van der Waals surface area contributed by atoms with Gasteiger partial charge in [-0.25, -0.2) is 9.37 Å². The van der Waals surface area contributed by atoms with E-state index >= 15 is 0 Å². The molecule has 0 aliphatic rings. The molecule has 3 nitrogen and oxygen atoms in total. The van der Waals surface area contributed by atoms with Crippen molar-refractivity contribution in [2.24, 2.45) is 0 Å². The second-order valence-electron chi connectivity index (χ2n) is 3.73. The second-order valence-corrected chi connectivity index (χ2v) is 4.00. The predicted octanol–water partition coefficient (Wildman–Crippen LogP) is 4.15. The predicted molar refractivity (Wildman–Crippen MR) is 71.4 cm³/mol. The van der Waals surface area contributed by atoms with Crippen LogP contribution in [0.3, 0.4) is 0 Å². The van der Waals surface area contributed by atoms with E-state index in [-0.39, 0.29) is 11.8 Å². The highest BCUT2D eigenvalue weighted by atomic mass is 35.5. The maximum atomic E-state index is 13.9. The number of rotatable bonds is 5. The van der Waals surface area contributed by atoms with Gasteiger partial charge in [-0.1, -0.05) is 6.07 Å². The molecule has 0 radical (unpaired) electrons. The quantitative estimate of drug-likeness (QED) is 0.772. The highest BCUT2D eigenvalue weighted by molar-refractivity contribution is 6.17. The molecular weight excluding hydrogens is 269 g/mol. The normalized spacial score (nSPS) is 10.3. The average molecular weight is 282 g/mol. The third-order valence-electron chi connectivity index (χ3n) is 2.41. The van der Waals surface area contributed by atoms with Crippen LogP contribution in [0.2, 0.25) is 0 Å². The van der Waals surface area contributed by atoms with E-state index in [2.05, 4.69) is 4.98 Å². The topological polar surface area (TPSA) is 31.4 Å². The third kappa shape index (κ3) is 3.35. The van der Waals surface area contributed by atoms with E-state index in [1.54, 1.807) is 24.3 Å². The molecule has 0 saturated heterocycles. The Morgan fingerprint density at radius 3 is 2.79 bits per heavy atom. The van der Waals surface area contributed by atoms with Crippen molar-refractivity contribution in [3.63, 3.8) is 0 Å². The standard InChI is InChI=1S/C14H13ClFNO2/c1-2-18-11-4-3-5-12(8-11)19-14-13(16)10(9-15)6-7-17-14/h3-8H,2,9H2,1H3. The fourth-order valence-corrected chi connectivity index (χ4v) is 1.75. The highest BCUT2D eigenvalue weighted by Gasteiger charge is 2.11. The van der Waals surface area contributed by atoms with Crippen molar-refractivity contribution in [1.29, 1.82) is 0 Å². The van der Waals surface area contributed by atoms with Crippen molar-refractivity contribution in [2.75, 3.05) is 6.61 Å². The molecule has 0 fully saturated rings. The number of pyridine rings is 1. The van der Waals surface area contributed by atoms with Crippen LogP contribution in [-0.2, 0) is 5.88 Å². The van der Waals surface area contributed by atoms with Gasteiger partial charge >= 0.3 is 0 Å². The second kappa shape index (κ2) is 6.38. The number of halogens is 2. The summed E-state index contributed by atoms with van der Waals surface area (Å²) in [6.07, 6.45) is 1.46. The van der Waals surface area contributed by atoms with Crippen molar-refractivity contribution < 1.29 is 13.9 Å². The summed E-state index contributed by atoms with van der Waals surface area (Å²) >= 11 is 5.63. The Morgan fingerprint density at radius 1 is 1.26 bits per heavy atom. The number of nitrogens with zero attached hydrogens (tertiary/aromatic N) is 1. The molecular formula is C14H13ClFNO2. The monoisotopic (exact) mass is 281 g/mol. The van der Waals surface area contributed by atoms with Crippen LogP contribution < -0.4 is 9.47 Å². The SMILES string of the molecule is CCOc1cccc(Oc2nccc(CCl)c2F)c1. The van der Waals surface area contributed by atoms with Crippen LogP contribution >= 0.6 is 11.6 Å². The van der Waals surface area contributed by atoms with Crippen LogP contribution in [0.15, 0.2) is 36.5 Å². The Morgan fingerprint density at radius 2 is 2.05 bits per heavy atom. The van der Waals surface area contributed by atoms with Crippen LogP contribution in [0, 0.1) is 5.82 Å². The first kappa shape index (κ1) is 13.6. The lowest BCUT2D eigenvalue weighted by Gasteiger charge is -2.09. The Balaban J connectivity index is 2.23. The molecule has 1 heterocycles. The lowest BCUT2D eigenvalue weighted by molar-refractivity contribution is 0.337. The molecule has 5 heteroatoms. The van der Waals surface area contributed by atoms with E-state index in [0.717, 1.165) is 0 Å². The summed E-state index contributed by atoms with van der Waals surface area (Å²) in [5.41, 5.74) is 0.354. The van der Waals surface area contributed by atoms with Gasteiger partial charge in [0.15, 0.2) is 5.82 Å². The average Bonchev–Trinajstić information content (AvgIpc) is 2.42. The number of alkyl halides is 1. The number of hydrogen-bond acceptors (Lipinski definition) is 3. The fourth-order valence-electron chi connectivity index (χ4n) is 1.54. The Hall–Kier alpha value is -1.81. The Labute approximate surface area is 115 Å². The van der Waals surface area contributed by atoms with Crippen LogP contribution in [0.1, 0.15) is 12.5 Å². The molecule has 0 unspecified atom stereocenters. The minimum atomic E-state index is -0.542. The molecule has 0 N–H and O–H groups in total. The number of benzene rings is 1. The summed E-state index contributed by atoms with van der Waals surface area (Å²) in [5.74, 6) is 0.563. The number of aromatic nitrogens is 1. The third-order valence-corrected chi connectivity index (χ3v) is 2.70. The maximum Gasteiger partial charge on any atom is 0.256 e. The van der Waals surface area contributed by atoms with E-state index in [9.17, 15) is 4.39 Å². The van der Waals surface area contributed by atoms with E-state index in [0.29, 0.717) is 23.7 Å². The summed E-state index contributed by atoms with van der Waals surface area (Å²) in [4.78, 5) is 3.86. The first-order valence-corrected chi connectivity index (χ1v) is 6.38. The van der Waals surface area contributed by atoms with Gasteiger partial charge < -0.3 is 9.47 Å². The zero-order valence-corrected chi connectivity index (χ0v) is 11.2.